The first-order valence-electron chi connectivity index (χ1n) is 66.4. The SMILES string of the molecule is CCCCCCCCCCCCCCCCCCCOc1cc(Nc2nc(Nc3cc(OCCCCCCCCCCCCCCCCCCC)c(OCCCCCCCCCCCCCCCCCCC)c(OCCCCCCCCCCCCCCCCCCC)c3)nc(-c3ccc(C)cc3)n2)cc(OCCCCCCCCCCCCCCCCCCC)c1OCCCCCCCCCCCCCCCCCCC. The Morgan fingerprint density at radius 1 is 0.163 bits per heavy atom. The quantitative estimate of drug-likeness (QED) is 0.0412. The third-order valence-electron chi connectivity index (χ3n) is 31.5. The molecule has 0 radical (unpaired) electrons. The highest BCUT2D eigenvalue weighted by Gasteiger charge is 2.22. The lowest BCUT2D eigenvalue weighted by Gasteiger charge is -2.20. The van der Waals surface area contributed by atoms with E-state index < -0.39 is 0 Å². The Balaban J connectivity index is 1.67. The lowest BCUT2D eigenvalue weighted by atomic mass is 10.0. The Morgan fingerprint density at radius 3 is 0.449 bits per heavy atom. The zero-order valence-corrected chi connectivity index (χ0v) is 99.3. The predicted molar refractivity (Wildman–Crippen MR) is 647 cm³/mol. The van der Waals surface area contributed by atoms with Crippen LogP contribution in [0, 0.1) is 6.92 Å². The van der Waals surface area contributed by atoms with E-state index in [0.717, 1.165) is 94.0 Å². The monoisotopic (exact) mass is 2050 g/mol. The fraction of sp³-hybridized carbons (Fsp3) is 0.846. The summed E-state index contributed by atoms with van der Waals surface area (Å²) in [5.74, 6) is 5.67. The summed E-state index contributed by atoms with van der Waals surface area (Å²) in [5.41, 5.74) is 3.65. The Labute approximate surface area is 914 Å². The number of aromatic nitrogens is 3. The molecule has 147 heavy (non-hydrogen) atoms. The highest BCUT2D eigenvalue weighted by Crippen LogP contribution is 2.45. The van der Waals surface area contributed by atoms with E-state index in [1.807, 2.05) is 0 Å². The van der Waals surface area contributed by atoms with Crippen LogP contribution < -0.4 is 39.1 Å². The van der Waals surface area contributed by atoms with Crippen molar-refractivity contribution in [2.45, 2.75) is 703 Å². The van der Waals surface area contributed by atoms with Gasteiger partial charge in [0.1, 0.15) is 0 Å². The van der Waals surface area contributed by atoms with E-state index in [4.69, 9.17) is 43.4 Å². The van der Waals surface area contributed by atoms with Crippen LogP contribution in [0.4, 0.5) is 23.3 Å². The molecule has 3 aromatic carbocycles. The van der Waals surface area contributed by atoms with Gasteiger partial charge in [0.2, 0.25) is 23.4 Å². The number of nitrogens with zero attached hydrogens (tertiary/aromatic N) is 3. The van der Waals surface area contributed by atoms with Crippen molar-refractivity contribution in [1.29, 1.82) is 0 Å². The van der Waals surface area contributed by atoms with Gasteiger partial charge in [0.25, 0.3) is 0 Å². The Hall–Kier alpha value is -4.93. The van der Waals surface area contributed by atoms with Gasteiger partial charge in [-0.1, -0.05) is 688 Å². The molecule has 1 heterocycles. The second-order valence-corrected chi connectivity index (χ2v) is 46.1. The van der Waals surface area contributed by atoms with E-state index in [1.54, 1.807) is 0 Å². The topological polar surface area (TPSA) is 118 Å². The molecule has 4 aromatic rings. The van der Waals surface area contributed by atoms with Crippen molar-refractivity contribution >= 4 is 23.3 Å². The van der Waals surface area contributed by atoms with Gasteiger partial charge in [-0.15, -0.1) is 0 Å². The Morgan fingerprint density at radius 2 is 0.299 bits per heavy atom. The van der Waals surface area contributed by atoms with Gasteiger partial charge in [0.15, 0.2) is 28.8 Å². The number of unbranched alkanes of at least 4 members (excludes halogenated alkanes) is 96. The summed E-state index contributed by atoms with van der Waals surface area (Å²) >= 11 is 0. The first kappa shape index (κ1) is 134. The maximum absolute atomic E-state index is 7.06. The highest BCUT2D eigenvalue weighted by atomic mass is 16.5. The third kappa shape index (κ3) is 83.2. The molecule has 0 atom stereocenters. The maximum Gasteiger partial charge on any atom is 0.232 e. The van der Waals surface area contributed by atoms with Crippen molar-refractivity contribution in [2.75, 3.05) is 50.3 Å². The number of rotatable bonds is 119. The third-order valence-corrected chi connectivity index (χ3v) is 31.5. The summed E-state index contributed by atoms with van der Waals surface area (Å²) in [5, 5.41) is 7.54. The molecule has 0 amide bonds. The zero-order chi connectivity index (χ0) is 104. The van der Waals surface area contributed by atoms with Crippen molar-refractivity contribution < 1.29 is 28.4 Å². The Bertz CT molecular complexity index is 3050. The lowest BCUT2D eigenvalue weighted by Crippen LogP contribution is -2.09. The molecule has 0 aliphatic rings. The fourth-order valence-corrected chi connectivity index (χ4v) is 21.6. The molecule has 0 spiro atoms. The minimum atomic E-state index is 0.415. The number of hydrogen-bond acceptors (Lipinski definition) is 11. The van der Waals surface area contributed by atoms with Crippen LogP contribution >= 0.6 is 0 Å². The van der Waals surface area contributed by atoms with E-state index in [-0.39, 0.29) is 0 Å². The van der Waals surface area contributed by atoms with Crippen molar-refractivity contribution in [3.8, 4) is 45.9 Å². The molecule has 0 aliphatic carbocycles. The van der Waals surface area contributed by atoms with E-state index in [0.29, 0.717) is 91.9 Å². The largest absolute Gasteiger partial charge is 0.489 e. The van der Waals surface area contributed by atoms with Crippen molar-refractivity contribution in [3.63, 3.8) is 0 Å². The minimum Gasteiger partial charge on any atom is -0.489 e. The summed E-state index contributed by atoms with van der Waals surface area (Å²) in [6, 6.07) is 17.0. The van der Waals surface area contributed by atoms with Gasteiger partial charge in [-0.2, -0.15) is 15.0 Å². The molecular weight excluding hydrogens is 1800 g/mol. The van der Waals surface area contributed by atoms with Crippen LogP contribution in [0.2, 0.25) is 0 Å². The molecule has 0 aliphatic heterocycles. The van der Waals surface area contributed by atoms with E-state index in [1.165, 1.54) is 583 Å². The predicted octanol–water partition coefficient (Wildman–Crippen LogP) is 47.5. The molecule has 0 fully saturated rings. The van der Waals surface area contributed by atoms with E-state index in [9.17, 15) is 0 Å². The van der Waals surface area contributed by atoms with Gasteiger partial charge in [0.05, 0.1) is 39.6 Å². The summed E-state index contributed by atoms with van der Waals surface area (Å²) in [6.45, 7) is 19.7. The van der Waals surface area contributed by atoms with Crippen molar-refractivity contribution in [1.82, 2.24) is 15.0 Å². The number of ether oxygens (including phenoxy) is 6. The molecule has 0 unspecified atom stereocenters. The molecule has 2 N–H and O–H groups in total. The minimum absolute atomic E-state index is 0.415. The van der Waals surface area contributed by atoms with Gasteiger partial charge in [0, 0.05) is 41.2 Å². The first-order chi connectivity index (χ1) is 72.9. The van der Waals surface area contributed by atoms with Crippen LogP contribution in [0.25, 0.3) is 11.4 Å². The summed E-state index contributed by atoms with van der Waals surface area (Å²) in [4.78, 5) is 15.9. The molecule has 0 saturated heterocycles. The number of benzene rings is 3. The van der Waals surface area contributed by atoms with Crippen LogP contribution in [0.15, 0.2) is 48.5 Å². The number of nitrogens with one attached hydrogen (secondary N) is 2. The zero-order valence-electron chi connectivity index (χ0n) is 99.3. The molecule has 0 bridgehead atoms. The first-order valence-corrected chi connectivity index (χ1v) is 66.4. The van der Waals surface area contributed by atoms with Crippen LogP contribution in [0.3, 0.4) is 0 Å². The normalized spacial score (nSPS) is 11.6. The number of anilines is 4. The van der Waals surface area contributed by atoms with Crippen LogP contribution in [-0.2, 0) is 0 Å². The summed E-state index contributed by atoms with van der Waals surface area (Å²) < 4.78 is 42.3. The van der Waals surface area contributed by atoms with Gasteiger partial charge >= 0.3 is 0 Å². The molecule has 11 nitrogen and oxygen atoms in total. The summed E-state index contributed by atoms with van der Waals surface area (Å²) in [7, 11) is 0. The molecule has 1 aromatic heterocycles. The van der Waals surface area contributed by atoms with Crippen LogP contribution in [0.5, 0.6) is 34.5 Å². The smallest absolute Gasteiger partial charge is 0.232 e. The second kappa shape index (κ2) is 107. The number of aryl methyl sites for hydroxylation is 1. The van der Waals surface area contributed by atoms with Gasteiger partial charge < -0.3 is 39.1 Å². The molecule has 852 valence electrons. The second-order valence-electron chi connectivity index (χ2n) is 46.1. The fourth-order valence-electron chi connectivity index (χ4n) is 21.6. The average Bonchev–Trinajstić information content (AvgIpc) is 0.799. The highest BCUT2D eigenvalue weighted by molar-refractivity contribution is 5.70. The average molecular weight is 2050 g/mol. The van der Waals surface area contributed by atoms with Crippen LogP contribution in [-0.4, -0.2) is 54.6 Å². The lowest BCUT2D eigenvalue weighted by molar-refractivity contribution is 0.234. The van der Waals surface area contributed by atoms with Crippen molar-refractivity contribution in [3.05, 3.63) is 54.1 Å². The van der Waals surface area contributed by atoms with Crippen LogP contribution in [0.1, 0.15) is 702 Å². The van der Waals surface area contributed by atoms with Crippen molar-refractivity contribution in [2.24, 2.45) is 0 Å². The Kier molecular flexibility index (Phi) is 97.5. The van der Waals surface area contributed by atoms with E-state index in [2.05, 4.69) is 108 Å². The summed E-state index contributed by atoms with van der Waals surface area (Å²) in [6.07, 6.45) is 137. The number of hydrogen-bond donors (Lipinski definition) is 2. The standard InChI is InChI=1S/C136H247N5O6/c1-8-14-20-26-32-38-44-50-56-62-68-74-80-86-92-98-104-114-142-128-120-126(121-129(143-115-105-99-93-87-81-75-69-63-57-51-45-39-33-27-21-15-9-2)132(128)146-118-108-102-96-90-84-78-72-66-60-54-48-42-36-30-24-18-12-5)137-135-139-134(125-112-110-124(7)111-113-125)140-136(141-135)138-127-122-130(144-116-106-100-94-88-82-76-70-64-58-52-46-40-34-28-22-16-10-3)133(147-119-109-103-97-91-85-79-73-67-61-55-49-43-37-31-25-19-13-6)131(123-127)145-117-107-101-95-89-83-77-71-65-59-53-47-41-35-29-23-17-11-4/h110-113,120-123H,8-109,114-119H2,1-7H3,(H2,137,138,139,140,141). The maximum atomic E-state index is 7.06. The van der Waals surface area contributed by atoms with E-state index >= 15 is 0 Å². The van der Waals surface area contributed by atoms with Gasteiger partial charge in [-0.3, -0.25) is 0 Å². The molecule has 0 saturated carbocycles. The van der Waals surface area contributed by atoms with Gasteiger partial charge in [-0.25, -0.2) is 0 Å². The van der Waals surface area contributed by atoms with Gasteiger partial charge in [-0.05, 0) is 45.4 Å². The molecular formula is C136H247N5O6. The molecule has 11 heteroatoms. The molecule has 4 rings (SSSR count).